The molecule has 0 aliphatic carbocycles. The SMILES string of the molecule is NC[C@@H](NC(=O)c1ccc(-c2ccc(C(F)(F)F)cn2)[nH]1)c1ncc(C(O)CO)s1. The summed E-state index contributed by atoms with van der Waals surface area (Å²) >= 11 is 1.11. The van der Waals surface area contributed by atoms with Gasteiger partial charge in [-0.05, 0) is 24.3 Å². The molecule has 0 fully saturated rings. The van der Waals surface area contributed by atoms with Crippen molar-refractivity contribution in [3.05, 3.63) is 57.8 Å². The van der Waals surface area contributed by atoms with Crippen LogP contribution in [0.5, 0.6) is 0 Å². The topological polar surface area (TPSA) is 137 Å². The molecule has 8 nitrogen and oxygen atoms in total. The second-order valence-electron chi connectivity index (χ2n) is 6.28. The van der Waals surface area contributed by atoms with Crippen molar-refractivity contribution in [1.29, 1.82) is 0 Å². The van der Waals surface area contributed by atoms with E-state index in [0.29, 0.717) is 15.6 Å². The van der Waals surface area contributed by atoms with E-state index in [1.165, 1.54) is 24.4 Å². The first kappa shape index (κ1) is 21.9. The highest BCUT2D eigenvalue weighted by atomic mass is 32.1. The zero-order valence-electron chi connectivity index (χ0n) is 15.3. The average molecular weight is 441 g/mol. The van der Waals surface area contributed by atoms with Crippen molar-refractivity contribution >= 4 is 17.2 Å². The van der Waals surface area contributed by atoms with Crippen LogP contribution >= 0.6 is 11.3 Å². The summed E-state index contributed by atoms with van der Waals surface area (Å²) in [6.07, 6.45) is -3.42. The maximum atomic E-state index is 12.7. The van der Waals surface area contributed by atoms with Gasteiger partial charge < -0.3 is 26.2 Å². The van der Waals surface area contributed by atoms with E-state index >= 15 is 0 Å². The first-order chi connectivity index (χ1) is 14.2. The number of rotatable bonds is 7. The number of hydrogen-bond donors (Lipinski definition) is 5. The van der Waals surface area contributed by atoms with Crippen LogP contribution in [0.15, 0.2) is 36.7 Å². The molecule has 160 valence electrons. The standard InChI is InChI=1S/C18H18F3N5O3S/c19-18(20,21)9-1-2-10(23-6-9)11-3-4-12(25-11)16(29)26-13(5-22)17-24-7-15(30-17)14(28)8-27/h1-4,6-7,13-14,25,27-28H,5,8,22H2,(H,26,29)/t13-,14?/m1/s1. The number of thiazole rings is 1. The Balaban J connectivity index is 1.71. The molecule has 0 aliphatic rings. The maximum Gasteiger partial charge on any atom is 0.417 e. The molecule has 0 aliphatic heterocycles. The minimum absolute atomic E-state index is 0.0436. The van der Waals surface area contributed by atoms with E-state index in [-0.39, 0.29) is 17.9 Å². The van der Waals surface area contributed by atoms with Gasteiger partial charge in [-0.15, -0.1) is 11.3 Å². The van der Waals surface area contributed by atoms with E-state index in [1.807, 2.05) is 0 Å². The van der Waals surface area contributed by atoms with Crippen LogP contribution in [0.1, 0.15) is 38.1 Å². The lowest BCUT2D eigenvalue weighted by atomic mass is 10.2. The van der Waals surface area contributed by atoms with E-state index in [9.17, 15) is 23.1 Å². The molecule has 0 saturated carbocycles. The molecule has 1 amide bonds. The maximum absolute atomic E-state index is 12.7. The molecule has 0 radical (unpaired) electrons. The fourth-order valence-corrected chi connectivity index (χ4v) is 3.52. The minimum Gasteiger partial charge on any atom is -0.393 e. The van der Waals surface area contributed by atoms with Crippen LogP contribution in [0.25, 0.3) is 11.4 Å². The van der Waals surface area contributed by atoms with Crippen molar-refractivity contribution in [1.82, 2.24) is 20.3 Å². The quantitative estimate of drug-likeness (QED) is 0.380. The molecule has 0 saturated heterocycles. The summed E-state index contributed by atoms with van der Waals surface area (Å²) in [6.45, 7) is -0.410. The molecule has 0 bridgehead atoms. The second kappa shape index (κ2) is 8.92. The first-order valence-corrected chi connectivity index (χ1v) is 9.52. The van der Waals surface area contributed by atoms with Gasteiger partial charge >= 0.3 is 6.18 Å². The predicted octanol–water partition coefficient (Wildman–Crippen LogP) is 2.01. The number of amides is 1. The van der Waals surface area contributed by atoms with Crippen LogP contribution in [0, 0.1) is 0 Å². The van der Waals surface area contributed by atoms with Crippen molar-refractivity contribution in [3.8, 4) is 11.4 Å². The summed E-state index contributed by atoms with van der Waals surface area (Å²) in [7, 11) is 0. The number of nitrogens with zero attached hydrogens (tertiary/aromatic N) is 2. The summed E-state index contributed by atoms with van der Waals surface area (Å²) in [4.78, 5) is 23.7. The van der Waals surface area contributed by atoms with Gasteiger partial charge in [0.05, 0.1) is 34.5 Å². The van der Waals surface area contributed by atoms with Crippen molar-refractivity contribution in [3.63, 3.8) is 0 Å². The number of aromatic nitrogens is 3. The monoisotopic (exact) mass is 441 g/mol. The number of H-pyrrole nitrogens is 1. The van der Waals surface area contributed by atoms with Crippen molar-refractivity contribution < 1.29 is 28.2 Å². The number of alkyl halides is 3. The van der Waals surface area contributed by atoms with Gasteiger partial charge in [0.15, 0.2) is 0 Å². The lowest BCUT2D eigenvalue weighted by Crippen LogP contribution is -2.33. The summed E-state index contributed by atoms with van der Waals surface area (Å²) in [5.74, 6) is -0.497. The number of nitrogens with two attached hydrogens (primary N) is 1. The number of aromatic amines is 1. The van der Waals surface area contributed by atoms with E-state index in [0.717, 1.165) is 23.6 Å². The summed E-state index contributed by atoms with van der Waals surface area (Å²) in [5, 5.41) is 21.8. The summed E-state index contributed by atoms with van der Waals surface area (Å²) < 4.78 is 38.0. The number of pyridine rings is 1. The molecule has 3 rings (SSSR count). The molecular formula is C18H18F3N5O3S. The van der Waals surface area contributed by atoms with Gasteiger partial charge in [0.1, 0.15) is 16.8 Å². The van der Waals surface area contributed by atoms with Gasteiger partial charge in [0.25, 0.3) is 5.91 Å². The smallest absolute Gasteiger partial charge is 0.393 e. The number of halogens is 3. The van der Waals surface area contributed by atoms with Gasteiger partial charge in [-0.25, -0.2) is 4.98 Å². The number of nitrogens with one attached hydrogen (secondary N) is 2. The summed E-state index contributed by atoms with van der Waals surface area (Å²) in [5.41, 5.74) is 5.65. The highest BCUT2D eigenvalue weighted by molar-refractivity contribution is 7.11. The minimum atomic E-state index is -4.48. The molecule has 0 aromatic carbocycles. The number of carbonyl (C=O) groups excluding carboxylic acids is 1. The van der Waals surface area contributed by atoms with Crippen LogP contribution in [0.3, 0.4) is 0 Å². The van der Waals surface area contributed by atoms with Crippen molar-refractivity contribution in [2.24, 2.45) is 5.73 Å². The van der Waals surface area contributed by atoms with Crippen molar-refractivity contribution in [2.75, 3.05) is 13.2 Å². The molecule has 3 heterocycles. The Morgan fingerprint density at radius 3 is 2.60 bits per heavy atom. The molecule has 12 heteroatoms. The summed E-state index contributed by atoms with van der Waals surface area (Å²) in [6, 6.07) is 4.50. The average Bonchev–Trinajstić information content (AvgIpc) is 3.41. The second-order valence-corrected chi connectivity index (χ2v) is 7.37. The third kappa shape index (κ3) is 4.84. The highest BCUT2D eigenvalue weighted by Crippen LogP contribution is 2.29. The van der Waals surface area contributed by atoms with E-state index in [4.69, 9.17) is 10.8 Å². The molecule has 3 aromatic heterocycles. The first-order valence-electron chi connectivity index (χ1n) is 8.71. The van der Waals surface area contributed by atoms with E-state index < -0.39 is 36.4 Å². The van der Waals surface area contributed by atoms with Crippen molar-refractivity contribution in [2.45, 2.75) is 18.3 Å². The fraction of sp³-hybridized carbons (Fsp3) is 0.278. The molecule has 30 heavy (non-hydrogen) atoms. The molecule has 1 unspecified atom stereocenters. The number of aliphatic hydroxyl groups excluding tert-OH is 2. The van der Waals surface area contributed by atoms with Gasteiger partial charge in [-0.1, -0.05) is 0 Å². The molecule has 0 spiro atoms. The van der Waals surface area contributed by atoms with Gasteiger partial charge in [-0.3, -0.25) is 9.78 Å². The number of hydrogen-bond acceptors (Lipinski definition) is 7. The normalized spacial score (nSPS) is 13.8. The fourth-order valence-electron chi connectivity index (χ4n) is 2.56. The van der Waals surface area contributed by atoms with Gasteiger partial charge in [0, 0.05) is 18.9 Å². The third-order valence-electron chi connectivity index (χ3n) is 4.18. The van der Waals surface area contributed by atoms with E-state index in [2.05, 4.69) is 20.3 Å². The Morgan fingerprint density at radius 2 is 2.00 bits per heavy atom. The molecule has 6 N–H and O–H groups in total. The Bertz CT molecular complexity index is 1000. The largest absolute Gasteiger partial charge is 0.417 e. The van der Waals surface area contributed by atoms with Crippen LogP contribution in [0.2, 0.25) is 0 Å². The Morgan fingerprint density at radius 1 is 1.23 bits per heavy atom. The Kier molecular flexibility index (Phi) is 6.51. The zero-order chi connectivity index (χ0) is 21.9. The number of carbonyl (C=O) groups is 1. The third-order valence-corrected chi connectivity index (χ3v) is 5.39. The van der Waals surface area contributed by atoms with Crippen LogP contribution in [-0.2, 0) is 6.18 Å². The Hall–Kier alpha value is -2.80. The predicted molar refractivity (Wildman–Crippen MR) is 102 cm³/mol. The van der Waals surface area contributed by atoms with E-state index in [1.54, 1.807) is 0 Å². The molecule has 3 aromatic rings. The molecule has 2 atom stereocenters. The van der Waals surface area contributed by atoms with Crippen LogP contribution in [-0.4, -0.2) is 44.2 Å². The lowest BCUT2D eigenvalue weighted by Gasteiger charge is -2.13. The Labute approximate surface area is 172 Å². The molecular weight excluding hydrogens is 423 g/mol. The van der Waals surface area contributed by atoms with Crippen LogP contribution in [0.4, 0.5) is 13.2 Å². The number of aliphatic hydroxyl groups is 2. The van der Waals surface area contributed by atoms with Crippen LogP contribution < -0.4 is 11.1 Å². The van der Waals surface area contributed by atoms with Gasteiger partial charge in [-0.2, -0.15) is 13.2 Å². The zero-order valence-corrected chi connectivity index (χ0v) is 16.2. The highest BCUT2D eigenvalue weighted by Gasteiger charge is 2.30. The van der Waals surface area contributed by atoms with Gasteiger partial charge in [0.2, 0.25) is 0 Å². The lowest BCUT2D eigenvalue weighted by molar-refractivity contribution is -0.137.